The van der Waals surface area contributed by atoms with E-state index in [-0.39, 0.29) is 17.9 Å². The van der Waals surface area contributed by atoms with E-state index >= 15 is 0 Å². The molecule has 0 amide bonds. The lowest BCUT2D eigenvalue weighted by atomic mass is 10.1. The molecule has 1 aromatic carbocycles. The van der Waals surface area contributed by atoms with E-state index in [0.717, 1.165) is 12.8 Å². The van der Waals surface area contributed by atoms with Gasteiger partial charge in [-0.25, -0.2) is 8.78 Å². The fourth-order valence-corrected chi connectivity index (χ4v) is 2.38. The lowest BCUT2D eigenvalue weighted by molar-refractivity contribution is 0.280. The van der Waals surface area contributed by atoms with Gasteiger partial charge in [-0.3, -0.25) is 0 Å². The van der Waals surface area contributed by atoms with Crippen LogP contribution in [0.2, 0.25) is 0 Å². The monoisotopic (exact) mass is 241 g/mol. The Hall–Kier alpha value is -1.16. The zero-order chi connectivity index (χ0) is 12.4. The minimum Gasteiger partial charge on any atom is -0.392 e. The Morgan fingerprint density at radius 1 is 1.35 bits per heavy atom. The summed E-state index contributed by atoms with van der Waals surface area (Å²) in [4.78, 5) is 1.76. The highest BCUT2D eigenvalue weighted by atomic mass is 19.1. The molecule has 1 aliphatic rings. The summed E-state index contributed by atoms with van der Waals surface area (Å²) in [5, 5.41) is 8.88. The van der Waals surface area contributed by atoms with Gasteiger partial charge in [0.25, 0.3) is 0 Å². The normalized spacial score (nSPS) is 20.0. The summed E-state index contributed by atoms with van der Waals surface area (Å²) in [6.45, 7) is 3.16. The van der Waals surface area contributed by atoms with Crippen molar-refractivity contribution in [1.82, 2.24) is 0 Å². The van der Waals surface area contributed by atoms with Gasteiger partial charge in [0.05, 0.1) is 6.61 Å². The summed E-state index contributed by atoms with van der Waals surface area (Å²) in [6, 6.07) is 2.41. The predicted octanol–water partition coefficient (Wildman–Crippen LogP) is 2.69. The Morgan fingerprint density at radius 3 is 2.47 bits per heavy atom. The van der Waals surface area contributed by atoms with Gasteiger partial charge in [0.1, 0.15) is 17.3 Å². The minimum atomic E-state index is -0.578. The first kappa shape index (κ1) is 12.3. The molecule has 94 valence electrons. The van der Waals surface area contributed by atoms with Crippen molar-refractivity contribution in [2.24, 2.45) is 5.92 Å². The van der Waals surface area contributed by atoms with Crippen LogP contribution in [0.5, 0.6) is 0 Å². The quantitative estimate of drug-likeness (QED) is 0.879. The van der Waals surface area contributed by atoms with Gasteiger partial charge in [0.2, 0.25) is 0 Å². The number of anilines is 1. The molecule has 0 aromatic heterocycles. The standard InChI is InChI=1S/C13H17F2NO/c1-2-9-3-4-16(7-9)13-11(14)5-10(8-17)6-12(13)15/h5-6,9,17H,2-4,7-8H2,1H3. The van der Waals surface area contributed by atoms with Gasteiger partial charge < -0.3 is 10.0 Å². The molecule has 17 heavy (non-hydrogen) atoms. The fraction of sp³-hybridized carbons (Fsp3) is 0.538. The number of nitrogens with zero attached hydrogens (tertiary/aromatic N) is 1. The van der Waals surface area contributed by atoms with E-state index in [1.54, 1.807) is 4.90 Å². The van der Waals surface area contributed by atoms with Crippen molar-refractivity contribution in [3.05, 3.63) is 29.3 Å². The zero-order valence-electron chi connectivity index (χ0n) is 9.92. The smallest absolute Gasteiger partial charge is 0.149 e. The highest BCUT2D eigenvalue weighted by molar-refractivity contribution is 5.51. The molecule has 0 spiro atoms. The molecular formula is C13H17F2NO. The second kappa shape index (κ2) is 5.00. The Morgan fingerprint density at radius 2 is 2.00 bits per heavy atom. The SMILES string of the molecule is CCC1CCN(c2c(F)cc(CO)cc2F)C1. The van der Waals surface area contributed by atoms with Gasteiger partial charge in [-0.05, 0) is 30.0 Å². The van der Waals surface area contributed by atoms with Crippen LogP contribution in [-0.4, -0.2) is 18.2 Å². The number of rotatable bonds is 3. The molecule has 4 heteroatoms. The van der Waals surface area contributed by atoms with Crippen LogP contribution in [0, 0.1) is 17.6 Å². The molecule has 0 bridgehead atoms. The van der Waals surface area contributed by atoms with Crippen LogP contribution in [0.25, 0.3) is 0 Å². The lowest BCUT2D eigenvalue weighted by Crippen LogP contribution is -2.22. The van der Waals surface area contributed by atoms with Crippen LogP contribution in [-0.2, 0) is 6.61 Å². The number of aliphatic hydroxyl groups excluding tert-OH is 1. The average molecular weight is 241 g/mol. The summed E-state index contributed by atoms with van der Waals surface area (Å²) in [5.74, 6) is -0.636. The van der Waals surface area contributed by atoms with Crippen LogP contribution >= 0.6 is 0 Å². The fourth-order valence-electron chi connectivity index (χ4n) is 2.38. The molecule has 2 nitrogen and oxygen atoms in total. The summed E-state index contributed by atoms with van der Waals surface area (Å²) >= 11 is 0. The lowest BCUT2D eigenvalue weighted by Gasteiger charge is -2.20. The van der Waals surface area contributed by atoms with Gasteiger partial charge in [0, 0.05) is 13.1 Å². The molecule has 1 unspecified atom stereocenters. The van der Waals surface area contributed by atoms with Crippen LogP contribution in [0.3, 0.4) is 0 Å². The first-order valence-electron chi connectivity index (χ1n) is 5.99. The van der Waals surface area contributed by atoms with Crippen molar-refractivity contribution in [3.8, 4) is 0 Å². The van der Waals surface area contributed by atoms with Gasteiger partial charge >= 0.3 is 0 Å². The first-order valence-corrected chi connectivity index (χ1v) is 5.99. The molecule has 1 saturated heterocycles. The maximum Gasteiger partial charge on any atom is 0.149 e. The molecule has 0 radical (unpaired) electrons. The van der Waals surface area contributed by atoms with Crippen LogP contribution in [0.15, 0.2) is 12.1 Å². The van der Waals surface area contributed by atoms with Gasteiger partial charge in [0.15, 0.2) is 0 Å². The number of hydrogen-bond donors (Lipinski definition) is 1. The first-order chi connectivity index (χ1) is 8.15. The molecule has 1 heterocycles. The molecule has 2 rings (SSSR count). The summed E-state index contributed by atoms with van der Waals surface area (Å²) < 4.78 is 27.6. The van der Waals surface area contributed by atoms with E-state index in [1.165, 1.54) is 12.1 Å². The molecule has 1 N–H and O–H groups in total. The second-order valence-corrected chi connectivity index (χ2v) is 4.58. The van der Waals surface area contributed by atoms with Crippen molar-refractivity contribution in [2.75, 3.05) is 18.0 Å². The average Bonchev–Trinajstić information content (AvgIpc) is 2.76. The molecule has 1 fully saturated rings. The van der Waals surface area contributed by atoms with Crippen LogP contribution in [0.4, 0.5) is 14.5 Å². The maximum absolute atomic E-state index is 13.8. The highest BCUT2D eigenvalue weighted by Crippen LogP contribution is 2.30. The van der Waals surface area contributed by atoms with Gasteiger partial charge in [-0.15, -0.1) is 0 Å². The highest BCUT2D eigenvalue weighted by Gasteiger charge is 2.25. The molecule has 1 atom stereocenters. The minimum absolute atomic E-state index is 0.0538. The molecule has 0 aliphatic carbocycles. The Bertz CT molecular complexity index is 385. The van der Waals surface area contributed by atoms with E-state index in [1.807, 2.05) is 0 Å². The largest absolute Gasteiger partial charge is 0.392 e. The summed E-state index contributed by atoms with van der Waals surface area (Å²) in [6.07, 6.45) is 2.02. The van der Waals surface area contributed by atoms with Crippen molar-refractivity contribution in [3.63, 3.8) is 0 Å². The van der Waals surface area contributed by atoms with Gasteiger partial charge in [-0.1, -0.05) is 13.3 Å². The van der Waals surface area contributed by atoms with E-state index in [2.05, 4.69) is 6.92 Å². The third kappa shape index (κ3) is 2.41. The van der Waals surface area contributed by atoms with Crippen LogP contribution in [0.1, 0.15) is 25.3 Å². The summed E-state index contributed by atoms with van der Waals surface area (Å²) in [5.41, 5.74) is 0.327. The number of aliphatic hydroxyl groups is 1. The van der Waals surface area contributed by atoms with Crippen molar-refractivity contribution >= 4 is 5.69 Å². The number of hydrogen-bond acceptors (Lipinski definition) is 2. The molecule has 0 saturated carbocycles. The maximum atomic E-state index is 13.8. The van der Waals surface area contributed by atoms with Crippen LogP contribution < -0.4 is 4.90 Å². The zero-order valence-corrected chi connectivity index (χ0v) is 9.92. The Balaban J connectivity index is 2.27. The third-order valence-corrected chi connectivity index (χ3v) is 3.44. The van der Waals surface area contributed by atoms with Crippen molar-refractivity contribution < 1.29 is 13.9 Å². The van der Waals surface area contributed by atoms with E-state index in [4.69, 9.17) is 5.11 Å². The molecule has 1 aromatic rings. The molecule has 1 aliphatic heterocycles. The van der Waals surface area contributed by atoms with Gasteiger partial charge in [-0.2, -0.15) is 0 Å². The van der Waals surface area contributed by atoms with E-state index in [0.29, 0.717) is 19.0 Å². The van der Waals surface area contributed by atoms with Crippen molar-refractivity contribution in [1.29, 1.82) is 0 Å². The van der Waals surface area contributed by atoms with Crippen molar-refractivity contribution in [2.45, 2.75) is 26.4 Å². The number of halogens is 2. The van der Waals surface area contributed by atoms with E-state index in [9.17, 15) is 8.78 Å². The number of benzene rings is 1. The molecular weight excluding hydrogens is 224 g/mol. The topological polar surface area (TPSA) is 23.5 Å². The predicted molar refractivity (Wildman–Crippen MR) is 62.9 cm³/mol. The second-order valence-electron chi connectivity index (χ2n) is 4.58. The Kier molecular flexibility index (Phi) is 3.62. The summed E-state index contributed by atoms with van der Waals surface area (Å²) in [7, 11) is 0. The third-order valence-electron chi connectivity index (χ3n) is 3.44. The van der Waals surface area contributed by atoms with E-state index < -0.39 is 11.6 Å². The Labute approximate surface area is 99.9 Å².